The van der Waals surface area contributed by atoms with Gasteiger partial charge in [-0.15, -0.1) is 0 Å². The van der Waals surface area contributed by atoms with Crippen LogP contribution in [0.2, 0.25) is 5.02 Å². The van der Waals surface area contributed by atoms with Crippen molar-refractivity contribution in [3.63, 3.8) is 0 Å². The first kappa shape index (κ1) is 15.0. The van der Waals surface area contributed by atoms with Crippen molar-refractivity contribution in [3.8, 4) is 0 Å². The molecule has 1 aliphatic heterocycles. The lowest BCUT2D eigenvalue weighted by atomic mass is 10.0. The van der Waals surface area contributed by atoms with E-state index < -0.39 is 0 Å². The van der Waals surface area contributed by atoms with Crippen molar-refractivity contribution >= 4 is 44.3 Å². The summed E-state index contributed by atoms with van der Waals surface area (Å²) in [6.07, 6.45) is 5.20. The molecule has 0 aliphatic carbocycles. The molecule has 3 aromatic rings. The summed E-state index contributed by atoms with van der Waals surface area (Å²) in [5.74, 6) is 1.51. The molecule has 23 heavy (non-hydrogen) atoms. The Morgan fingerprint density at radius 2 is 2.17 bits per heavy atom. The van der Waals surface area contributed by atoms with Gasteiger partial charge in [0.2, 0.25) is 0 Å². The van der Waals surface area contributed by atoms with Crippen LogP contribution >= 0.6 is 27.5 Å². The second kappa shape index (κ2) is 5.80. The van der Waals surface area contributed by atoms with Crippen molar-refractivity contribution in [2.45, 2.75) is 12.3 Å². The fourth-order valence-electron chi connectivity index (χ4n) is 3.21. The third kappa shape index (κ3) is 2.83. The number of aryl methyl sites for hydroxylation is 1. The van der Waals surface area contributed by atoms with Gasteiger partial charge in [0.25, 0.3) is 0 Å². The van der Waals surface area contributed by atoms with Crippen molar-refractivity contribution in [1.29, 1.82) is 0 Å². The van der Waals surface area contributed by atoms with Crippen LogP contribution < -0.4 is 4.90 Å². The molecule has 4 rings (SSSR count). The molecule has 1 saturated heterocycles. The lowest BCUT2D eigenvalue weighted by molar-refractivity contribution is 0.754. The van der Waals surface area contributed by atoms with Gasteiger partial charge in [0.15, 0.2) is 0 Å². The minimum Gasteiger partial charge on any atom is -0.356 e. The predicted octanol–water partition coefficient (Wildman–Crippen LogP) is 4.38. The SMILES string of the molecule is Cn1cc(C2CCN(c3ccc4cc(Br)cc(Cl)c4n3)C2)cn1. The standard InChI is InChI=1S/C17H16BrClN4/c1-22-9-13(8-20-22)12-4-5-23(10-12)16-3-2-11-6-14(18)7-15(19)17(11)21-16/h2-3,6-9,12H,4-5,10H2,1H3. The van der Waals surface area contributed by atoms with Crippen LogP contribution in [0.25, 0.3) is 10.9 Å². The smallest absolute Gasteiger partial charge is 0.129 e. The van der Waals surface area contributed by atoms with E-state index in [2.05, 4.69) is 44.3 Å². The number of hydrogen-bond donors (Lipinski definition) is 0. The van der Waals surface area contributed by atoms with Gasteiger partial charge in [-0.2, -0.15) is 5.10 Å². The normalized spacial score (nSPS) is 18.0. The lowest BCUT2D eigenvalue weighted by Gasteiger charge is -2.18. The zero-order valence-corrected chi connectivity index (χ0v) is 15.0. The molecule has 0 N–H and O–H groups in total. The first-order valence-electron chi connectivity index (χ1n) is 7.59. The highest BCUT2D eigenvalue weighted by molar-refractivity contribution is 9.10. The number of aromatic nitrogens is 3. The Morgan fingerprint density at radius 1 is 1.30 bits per heavy atom. The number of hydrogen-bond acceptors (Lipinski definition) is 3. The highest BCUT2D eigenvalue weighted by Gasteiger charge is 2.26. The van der Waals surface area contributed by atoms with Crippen LogP contribution in [0.5, 0.6) is 0 Å². The maximum atomic E-state index is 6.35. The van der Waals surface area contributed by atoms with Gasteiger partial charge in [-0.3, -0.25) is 4.68 Å². The van der Waals surface area contributed by atoms with Crippen LogP contribution in [0.15, 0.2) is 41.1 Å². The first-order valence-corrected chi connectivity index (χ1v) is 8.76. The number of halogens is 2. The molecular weight excluding hydrogens is 376 g/mol. The Bertz CT molecular complexity index is 876. The second-order valence-corrected chi connectivity index (χ2v) is 7.33. The fourth-order valence-corrected chi connectivity index (χ4v) is 4.09. The lowest BCUT2D eigenvalue weighted by Crippen LogP contribution is -2.20. The minimum absolute atomic E-state index is 0.515. The Labute approximate surface area is 148 Å². The number of anilines is 1. The van der Waals surface area contributed by atoms with E-state index >= 15 is 0 Å². The number of nitrogens with zero attached hydrogens (tertiary/aromatic N) is 4. The maximum absolute atomic E-state index is 6.35. The Hall–Kier alpha value is -1.59. The Morgan fingerprint density at radius 3 is 2.96 bits per heavy atom. The van der Waals surface area contributed by atoms with E-state index in [-0.39, 0.29) is 0 Å². The summed E-state index contributed by atoms with van der Waals surface area (Å²) in [4.78, 5) is 7.11. The molecule has 3 heterocycles. The van der Waals surface area contributed by atoms with E-state index in [1.54, 1.807) is 0 Å². The molecule has 1 aromatic carbocycles. The van der Waals surface area contributed by atoms with E-state index in [0.29, 0.717) is 10.9 Å². The molecule has 0 amide bonds. The van der Waals surface area contributed by atoms with Crippen molar-refractivity contribution in [2.24, 2.45) is 7.05 Å². The molecule has 1 atom stereocenters. The van der Waals surface area contributed by atoms with Crippen LogP contribution in [-0.2, 0) is 7.05 Å². The van der Waals surface area contributed by atoms with E-state index in [1.807, 2.05) is 30.1 Å². The number of fused-ring (bicyclic) bond motifs is 1. The first-order chi connectivity index (χ1) is 11.1. The molecule has 118 valence electrons. The predicted molar refractivity (Wildman–Crippen MR) is 97.2 cm³/mol. The Balaban J connectivity index is 1.62. The highest BCUT2D eigenvalue weighted by Crippen LogP contribution is 2.32. The quantitative estimate of drug-likeness (QED) is 0.650. The summed E-state index contributed by atoms with van der Waals surface area (Å²) in [6.45, 7) is 1.98. The second-order valence-electron chi connectivity index (χ2n) is 6.01. The van der Waals surface area contributed by atoms with Gasteiger partial charge in [-0.05, 0) is 36.2 Å². The van der Waals surface area contributed by atoms with Crippen molar-refractivity contribution in [2.75, 3.05) is 18.0 Å². The average molecular weight is 392 g/mol. The molecule has 0 radical (unpaired) electrons. The molecule has 0 saturated carbocycles. The number of rotatable bonds is 2. The van der Waals surface area contributed by atoms with Gasteiger partial charge >= 0.3 is 0 Å². The van der Waals surface area contributed by atoms with Crippen LogP contribution in [0, 0.1) is 0 Å². The maximum Gasteiger partial charge on any atom is 0.129 e. The van der Waals surface area contributed by atoms with Crippen LogP contribution in [0.3, 0.4) is 0 Å². The highest BCUT2D eigenvalue weighted by atomic mass is 79.9. The number of benzene rings is 1. The van der Waals surface area contributed by atoms with Gasteiger partial charge in [0.1, 0.15) is 5.82 Å². The molecular formula is C17H16BrClN4. The monoisotopic (exact) mass is 390 g/mol. The van der Waals surface area contributed by atoms with Gasteiger partial charge < -0.3 is 4.90 Å². The van der Waals surface area contributed by atoms with Crippen LogP contribution in [0.4, 0.5) is 5.82 Å². The average Bonchev–Trinajstić information content (AvgIpc) is 3.15. The van der Waals surface area contributed by atoms with Crippen molar-refractivity contribution < 1.29 is 0 Å². The topological polar surface area (TPSA) is 34.0 Å². The molecule has 6 heteroatoms. The van der Waals surface area contributed by atoms with Crippen LogP contribution in [-0.4, -0.2) is 27.9 Å². The molecule has 2 aromatic heterocycles. The largest absolute Gasteiger partial charge is 0.356 e. The van der Waals surface area contributed by atoms with Gasteiger partial charge in [-0.1, -0.05) is 27.5 Å². The summed E-state index contributed by atoms with van der Waals surface area (Å²) in [5, 5.41) is 6.01. The molecule has 1 unspecified atom stereocenters. The zero-order valence-electron chi connectivity index (χ0n) is 12.7. The molecule has 1 fully saturated rings. The van der Waals surface area contributed by atoms with Gasteiger partial charge in [0, 0.05) is 42.1 Å². The van der Waals surface area contributed by atoms with E-state index in [4.69, 9.17) is 16.6 Å². The molecule has 0 bridgehead atoms. The van der Waals surface area contributed by atoms with Crippen molar-refractivity contribution in [1.82, 2.24) is 14.8 Å². The van der Waals surface area contributed by atoms with Crippen molar-refractivity contribution in [3.05, 3.63) is 51.7 Å². The van der Waals surface area contributed by atoms with Gasteiger partial charge in [0.05, 0.1) is 16.7 Å². The Kier molecular flexibility index (Phi) is 3.77. The van der Waals surface area contributed by atoms with Crippen LogP contribution in [0.1, 0.15) is 17.9 Å². The van der Waals surface area contributed by atoms with E-state index in [0.717, 1.165) is 40.7 Å². The van der Waals surface area contributed by atoms with Gasteiger partial charge in [-0.25, -0.2) is 4.98 Å². The summed E-state index contributed by atoms with van der Waals surface area (Å²) >= 11 is 9.82. The third-order valence-corrected chi connectivity index (χ3v) is 5.15. The molecule has 1 aliphatic rings. The molecule has 4 nitrogen and oxygen atoms in total. The fraction of sp³-hybridized carbons (Fsp3) is 0.294. The minimum atomic E-state index is 0.515. The zero-order chi connectivity index (χ0) is 16.0. The summed E-state index contributed by atoms with van der Waals surface area (Å²) in [7, 11) is 1.96. The summed E-state index contributed by atoms with van der Waals surface area (Å²) in [6, 6.07) is 8.10. The summed E-state index contributed by atoms with van der Waals surface area (Å²) in [5.41, 5.74) is 2.16. The van der Waals surface area contributed by atoms with E-state index in [9.17, 15) is 0 Å². The van der Waals surface area contributed by atoms with E-state index in [1.165, 1.54) is 5.56 Å². The third-order valence-electron chi connectivity index (χ3n) is 4.40. The molecule has 0 spiro atoms. The number of pyridine rings is 1. The summed E-state index contributed by atoms with van der Waals surface area (Å²) < 4.78 is 2.84.